The molecule has 0 saturated carbocycles. The van der Waals surface area contributed by atoms with Crippen LogP contribution in [-0.4, -0.2) is 59.3 Å². The topological polar surface area (TPSA) is 29.1 Å². The van der Waals surface area contributed by atoms with Crippen LogP contribution in [0.5, 0.6) is 0 Å². The van der Waals surface area contributed by atoms with Crippen molar-refractivity contribution in [3.8, 4) is 0 Å². The second-order valence-electron chi connectivity index (χ2n) is 6.62. The van der Waals surface area contributed by atoms with Crippen molar-refractivity contribution in [2.24, 2.45) is 5.92 Å². The molecule has 19 heteroatoms. The van der Waals surface area contributed by atoms with Crippen LogP contribution in [0.1, 0.15) is 13.8 Å². The first-order valence-corrected chi connectivity index (χ1v) is 7.96. The van der Waals surface area contributed by atoms with Crippen molar-refractivity contribution in [3.63, 3.8) is 0 Å². The number of hydrogen-bond acceptors (Lipinski definition) is 1. The molecule has 32 heavy (non-hydrogen) atoms. The number of hydrogen-bond donors (Lipinski definition) is 1. The summed E-state index contributed by atoms with van der Waals surface area (Å²) in [5, 5.41) is -5.99. The largest absolute Gasteiger partial charge is 0.393 e. The minimum Gasteiger partial charge on any atom is -0.350 e. The van der Waals surface area contributed by atoms with E-state index in [0.29, 0.717) is 0 Å². The molecule has 0 unspecified atom stereocenters. The van der Waals surface area contributed by atoms with Gasteiger partial charge >= 0.3 is 46.8 Å². The summed E-state index contributed by atoms with van der Waals surface area (Å²) >= 11 is 3.39. The second-order valence-corrected chi connectivity index (χ2v) is 7.10. The predicted octanol–water partition coefficient (Wildman–Crippen LogP) is 6.04. The maximum Gasteiger partial charge on any atom is 0.393 e. The zero-order valence-electron chi connectivity index (χ0n) is 15.1. The van der Waals surface area contributed by atoms with Crippen LogP contribution < -0.4 is 5.32 Å². The van der Waals surface area contributed by atoms with E-state index in [2.05, 4.69) is 11.6 Å². The van der Waals surface area contributed by atoms with Gasteiger partial charge in [-0.15, -0.1) is 0 Å². The Kier molecular flexibility index (Phi) is 7.80. The van der Waals surface area contributed by atoms with Gasteiger partial charge in [-0.25, -0.2) is 0 Å². The minimum atomic E-state index is -8.58. The molecule has 0 spiro atoms. The number of alkyl halides is 17. The van der Waals surface area contributed by atoms with E-state index < -0.39 is 65.2 Å². The molecule has 0 aromatic heterocycles. The Morgan fingerprint density at radius 3 is 1.19 bits per heavy atom. The van der Waals surface area contributed by atoms with Crippen LogP contribution in [0.2, 0.25) is 0 Å². The van der Waals surface area contributed by atoms with Crippen molar-refractivity contribution in [1.82, 2.24) is 5.32 Å². The van der Waals surface area contributed by atoms with E-state index in [9.17, 15) is 75.0 Å². The Bertz CT molecular complexity index is 699. The highest BCUT2D eigenvalue weighted by molar-refractivity contribution is 6.22. The van der Waals surface area contributed by atoms with Crippen LogP contribution in [0.25, 0.3) is 0 Å². The van der Waals surface area contributed by atoms with Gasteiger partial charge in [0.2, 0.25) is 0 Å². The lowest BCUT2D eigenvalue weighted by molar-refractivity contribution is -0.446. The van der Waals surface area contributed by atoms with Gasteiger partial charge in [-0.1, -0.05) is 13.8 Å². The Morgan fingerprint density at radius 2 is 0.906 bits per heavy atom. The number of carbonyl (C=O) groups is 1. The normalized spacial score (nSPS) is 15.9. The van der Waals surface area contributed by atoms with E-state index in [1.54, 1.807) is 0 Å². The molecular formula is C13H10ClF16NO. The van der Waals surface area contributed by atoms with E-state index in [1.807, 2.05) is 0 Å². The summed E-state index contributed by atoms with van der Waals surface area (Å²) in [5.74, 6) is -60.9. The lowest BCUT2D eigenvalue weighted by Crippen LogP contribution is -2.75. The van der Waals surface area contributed by atoms with Gasteiger partial charge in [0.05, 0.1) is 0 Å². The molecule has 2 nitrogen and oxygen atoms in total. The lowest BCUT2D eigenvalue weighted by Gasteiger charge is -2.42. The first-order chi connectivity index (χ1) is 13.6. The molecule has 0 radical (unpaired) electrons. The fourth-order valence-corrected chi connectivity index (χ4v) is 1.83. The summed E-state index contributed by atoms with van der Waals surface area (Å²) in [6, 6.07) is 0. The molecule has 0 aromatic rings. The monoisotopic (exact) mass is 535 g/mol. The predicted molar refractivity (Wildman–Crippen MR) is 73.3 cm³/mol. The molecular weight excluding hydrogens is 526 g/mol. The Balaban J connectivity index is 6.62. The summed E-state index contributed by atoms with van der Waals surface area (Å²) in [4.78, 5) is 11.0. The van der Waals surface area contributed by atoms with E-state index in [1.165, 1.54) is 0 Å². The molecule has 192 valence electrons. The zero-order chi connectivity index (χ0) is 26.6. The van der Waals surface area contributed by atoms with Gasteiger partial charge in [-0.05, 0) is 17.5 Å². The van der Waals surface area contributed by atoms with Crippen LogP contribution in [0.4, 0.5) is 70.2 Å². The van der Waals surface area contributed by atoms with Crippen LogP contribution in [0.3, 0.4) is 0 Å². The summed E-state index contributed by atoms with van der Waals surface area (Å²) in [5.41, 5.74) is 0. The molecule has 0 atom stereocenters. The first-order valence-electron chi connectivity index (χ1n) is 7.58. The third-order valence-corrected chi connectivity index (χ3v) is 3.92. The van der Waals surface area contributed by atoms with Crippen LogP contribution in [0, 0.1) is 5.92 Å². The molecule has 0 aromatic carbocycles. The van der Waals surface area contributed by atoms with Crippen LogP contribution >= 0.6 is 11.6 Å². The minimum absolute atomic E-state index is 0.846. The van der Waals surface area contributed by atoms with Crippen molar-refractivity contribution in [1.29, 1.82) is 0 Å². The number of amides is 1. The van der Waals surface area contributed by atoms with Gasteiger partial charge in [0.25, 0.3) is 5.91 Å². The number of halogens is 17. The maximum atomic E-state index is 13.5. The summed E-state index contributed by atoms with van der Waals surface area (Å²) < 4.78 is 211. The van der Waals surface area contributed by atoms with Gasteiger partial charge < -0.3 is 5.32 Å². The smallest absolute Gasteiger partial charge is 0.350 e. The van der Waals surface area contributed by atoms with Crippen LogP contribution in [0.15, 0.2) is 0 Å². The van der Waals surface area contributed by atoms with Gasteiger partial charge in [0.1, 0.15) is 0 Å². The van der Waals surface area contributed by atoms with Gasteiger partial charge in [-0.2, -0.15) is 70.2 Å². The van der Waals surface area contributed by atoms with Crippen LogP contribution in [-0.2, 0) is 4.79 Å². The molecule has 1 amide bonds. The number of carbonyl (C=O) groups excluding carboxylic acids is 1. The summed E-state index contributed by atoms with van der Waals surface area (Å²) in [6.45, 7) is 1.25. The Labute approximate surface area is 172 Å². The van der Waals surface area contributed by atoms with Crippen molar-refractivity contribution < 1.29 is 75.0 Å². The van der Waals surface area contributed by atoms with Crippen molar-refractivity contribution in [2.75, 3.05) is 6.54 Å². The third kappa shape index (κ3) is 4.15. The van der Waals surface area contributed by atoms with Gasteiger partial charge in [0.15, 0.2) is 0 Å². The van der Waals surface area contributed by atoms with Crippen molar-refractivity contribution in [3.05, 3.63) is 0 Å². The standard InChI is InChI=1S/C13H10ClF16NO/c1-4(2)3-31-5(32)6(15,16)7(17,18)8(19,20)9(21,22)10(23,24)11(25,26)12(27,28)13(14,29)30/h4H,3H2,1-2H3,(H,31,32). The fraction of sp³-hybridized carbons (Fsp3) is 0.923. The second kappa shape index (κ2) is 8.14. The fourth-order valence-electron chi connectivity index (χ4n) is 1.71. The molecule has 0 aliphatic heterocycles. The quantitative estimate of drug-likeness (QED) is 0.268. The highest BCUT2D eigenvalue weighted by atomic mass is 35.5. The average molecular weight is 536 g/mol. The number of rotatable bonds is 10. The van der Waals surface area contributed by atoms with E-state index in [-0.39, 0.29) is 0 Å². The summed E-state index contributed by atoms with van der Waals surface area (Å²) in [6.07, 6.45) is 0. The van der Waals surface area contributed by atoms with Crippen molar-refractivity contribution >= 4 is 17.5 Å². The highest BCUT2D eigenvalue weighted by Crippen LogP contribution is 2.64. The molecule has 1 N–H and O–H groups in total. The van der Waals surface area contributed by atoms with E-state index >= 15 is 0 Å². The molecule has 0 aliphatic carbocycles. The lowest BCUT2D eigenvalue weighted by atomic mass is 9.89. The molecule has 0 aliphatic rings. The summed E-state index contributed by atoms with van der Waals surface area (Å²) in [7, 11) is 0. The Morgan fingerprint density at radius 1 is 0.625 bits per heavy atom. The van der Waals surface area contributed by atoms with E-state index in [0.717, 1.165) is 19.2 Å². The Hall–Kier alpha value is -1.36. The highest BCUT2D eigenvalue weighted by Gasteiger charge is 2.95. The molecule has 0 saturated heterocycles. The number of nitrogens with one attached hydrogen (secondary N) is 1. The zero-order valence-corrected chi connectivity index (χ0v) is 15.9. The van der Waals surface area contributed by atoms with Crippen molar-refractivity contribution in [2.45, 2.75) is 60.7 Å². The SMILES string of the molecule is CC(C)CNC(=O)C(F)(F)C(F)(F)C(F)(F)C(F)(F)C(F)(F)C(F)(F)C(F)(F)C(F)(F)Cl. The first kappa shape index (κ1) is 30.6. The van der Waals surface area contributed by atoms with Gasteiger partial charge in [-0.3, -0.25) is 4.79 Å². The maximum absolute atomic E-state index is 13.5. The molecule has 0 rings (SSSR count). The molecule has 0 bridgehead atoms. The van der Waals surface area contributed by atoms with E-state index in [4.69, 9.17) is 0 Å². The van der Waals surface area contributed by atoms with Gasteiger partial charge in [0, 0.05) is 6.54 Å². The third-order valence-electron chi connectivity index (χ3n) is 3.68. The average Bonchev–Trinajstić information content (AvgIpc) is 2.57. The molecule has 0 heterocycles. The molecule has 0 fully saturated rings.